The Balaban J connectivity index is 2.19. The molecule has 0 heterocycles. The number of carboxylic acids is 1. The van der Waals surface area contributed by atoms with Crippen molar-refractivity contribution in [1.29, 1.82) is 0 Å². The first-order valence-corrected chi connectivity index (χ1v) is 3.60. The molecule has 58 valence electrons. The van der Waals surface area contributed by atoms with Crippen LogP contribution in [0.4, 0.5) is 0 Å². The van der Waals surface area contributed by atoms with Crippen LogP contribution < -0.4 is 0 Å². The van der Waals surface area contributed by atoms with Crippen LogP contribution in [0.1, 0.15) is 25.7 Å². The molecule has 0 amide bonds. The summed E-state index contributed by atoms with van der Waals surface area (Å²) in [6, 6.07) is 0. The third kappa shape index (κ3) is 1.70. The van der Waals surface area contributed by atoms with Crippen LogP contribution in [0.25, 0.3) is 0 Å². The Kier molecular flexibility index (Phi) is 2.27. The molecule has 0 saturated heterocycles. The van der Waals surface area contributed by atoms with Gasteiger partial charge in [-0.2, -0.15) is 0 Å². The van der Waals surface area contributed by atoms with E-state index in [0.717, 1.165) is 19.3 Å². The van der Waals surface area contributed by atoms with E-state index < -0.39 is 12.1 Å². The molecule has 0 aliphatic heterocycles. The predicted octanol–water partition coefficient (Wildman–Crippen LogP) is 0.622. The van der Waals surface area contributed by atoms with Gasteiger partial charge in [-0.25, -0.2) is 0 Å². The fraction of sp³-hybridized carbons (Fsp3) is 0.857. The molecule has 1 rings (SSSR count). The summed E-state index contributed by atoms with van der Waals surface area (Å²) in [5.41, 5.74) is 0. The molecule has 1 aliphatic carbocycles. The normalized spacial score (nSPS) is 21.7. The first-order valence-electron chi connectivity index (χ1n) is 3.60. The minimum absolute atomic E-state index is 0.0926. The van der Waals surface area contributed by atoms with Crippen molar-refractivity contribution in [2.24, 2.45) is 5.92 Å². The second-order valence-corrected chi connectivity index (χ2v) is 2.86. The number of hydrogen-bond acceptors (Lipinski definition) is 2. The van der Waals surface area contributed by atoms with Crippen LogP contribution in [0.5, 0.6) is 0 Å². The van der Waals surface area contributed by atoms with Crippen molar-refractivity contribution in [3.05, 3.63) is 0 Å². The third-order valence-corrected chi connectivity index (χ3v) is 2.08. The summed E-state index contributed by atoms with van der Waals surface area (Å²) < 4.78 is 0. The Labute approximate surface area is 59.7 Å². The SMILES string of the molecule is O=C(O)C[C@@H](O)C1CCC1. The van der Waals surface area contributed by atoms with E-state index in [2.05, 4.69) is 0 Å². The fourth-order valence-corrected chi connectivity index (χ4v) is 1.17. The first-order chi connectivity index (χ1) is 4.70. The number of aliphatic hydroxyl groups is 1. The molecule has 0 spiro atoms. The highest BCUT2D eigenvalue weighted by atomic mass is 16.4. The van der Waals surface area contributed by atoms with Gasteiger partial charge in [0.1, 0.15) is 0 Å². The van der Waals surface area contributed by atoms with E-state index in [1.807, 2.05) is 0 Å². The van der Waals surface area contributed by atoms with Crippen molar-refractivity contribution in [2.75, 3.05) is 0 Å². The average Bonchev–Trinajstić information content (AvgIpc) is 1.55. The van der Waals surface area contributed by atoms with Crippen molar-refractivity contribution in [3.63, 3.8) is 0 Å². The van der Waals surface area contributed by atoms with Crippen LogP contribution in [-0.4, -0.2) is 22.3 Å². The zero-order chi connectivity index (χ0) is 7.56. The minimum atomic E-state index is -0.903. The Morgan fingerprint density at radius 1 is 1.60 bits per heavy atom. The second kappa shape index (κ2) is 3.01. The van der Waals surface area contributed by atoms with Gasteiger partial charge in [-0.1, -0.05) is 6.42 Å². The molecule has 0 unspecified atom stereocenters. The number of carboxylic acid groups (broad SMARTS) is 1. The molecule has 0 aromatic rings. The standard InChI is InChI=1S/C7H12O3/c8-6(4-7(9)10)5-2-1-3-5/h5-6,8H,1-4H2,(H,9,10)/t6-/m1/s1. The largest absolute Gasteiger partial charge is 0.481 e. The Hall–Kier alpha value is -0.570. The summed E-state index contributed by atoms with van der Waals surface area (Å²) in [5, 5.41) is 17.5. The van der Waals surface area contributed by atoms with E-state index in [0.29, 0.717) is 0 Å². The second-order valence-electron chi connectivity index (χ2n) is 2.86. The predicted molar refractivity (Wildman–Crippen MR) is 35.6 cm³/mol. The van der Waals surface area contributed by atoms with Crippen molar-refractivity contribution >= 4 is 5.97 Å². The maximum atomic E-state index is 10.1. The quantitative estimate of drug-likeness (QED) is 0.610. The van der Waals surface area contributed by atoms with Gasteiger partial charge >= 0.3 is 5.97 Å². The maximum absolute atomic E-state index is 10.1. The third-order valence-electron chi connectivity index (χ3n) is 2.08. The van der Waals surface area contributed by atoms with Gasteiger partial charge in [0.15, 0.2) is 0 Å². The first kappa shape index (κ1) is 7.54. The molecule has 1 saturated carbocycles. The van der Waals surface area contributed by atoms with E-state index >= 15 is 0 Å². The Morgan fingerprint density at radius 2 is 2.20 bits per heavy atom. The van der Waals surface area contributed by atoms with Gasteiger partial charge < -0.3 is 10.2 Å². The van der Waals surface area contributed by atoms with E-state index in [-0.39, 0.29) is 12.3 Å². The van der Waals surface area contributed by atoms with Crippen molar-refractivity contribution < 1.29 is 15.0 Å². The molecule has 0 aromatic carbocycles. The highest BCUT2D eigenvalue weighted by Crippen LogP contribution is 2.30. The summed E-state index contributed by atoms with van der Waals surface area (Å²) in [6.45, 7) is 0. The van der Waals surface area contributed by atoms with Gasteiger partial charge in [0.2, 0.25) is 0 Å². The number of hydrogen-bond donors (Lipinski definition) is 2. The number of aliphatic carboxylic acids is 1. The summed E-state index contributed by atoms with van der Waals surface area (Å²) >= 11 is 0. The summed E-state index contributed by atoms with van der Waals surface area (Å²) in [6.07, 6.45) is 2.43. The van der Waals surface area contributed by atoms with Crippen LogP contribution in [0, 0.1) is 5.92 Å². The van der Waals surface area contributed by atoms with Gasteiger partial charge in [0.05, 0.1) is 12.5 Å². The lowest BCUT2D eigenvalue weighted by Crippen LogP contribution is -2.28. The average molecular weight is 144 g/mol. The topological polar surface area (TPSA) is 57.5 Å². The Bertz CT molecular complexity index is 129. The molecule has 3 heteroatoms. The summed E-state index contributed by atoms with van der Waals surface area (Å²) in [7, 11) is 0. The van der Waals surface area contributed by atoms with E-state index in [1.54, 1.807) is 0 Å². The Morgan fingerprint density at radius 3 is 2.50 bits per heavy atom. The van der Waals surface area contributed by atoms with Crippen LogP contribution in [0.2, 0.25) is 0 Å². The lowest BCUT2D eigenvalue weighted by atomic mass is 9.80. The molecule has 0 radical (unpaired) electrons. The monoisotopic (exact) mass is 144 g/mol. The van der Waals surface area contributed by atoms with Crippen molar-refractivity contribution in [1.82, 2.24) is 0 Å². The smallest absolute Gasteiger partial charge is 0.305 e. The molecule has 0 aromatic heterocycles. The van der Waals surface area contributed by atoms with Gasteiger partial charge in [-0.05, 0) is 18.8 Å². The fourth-order valence-electron chi connectivity index (χ4n) is 1.17. The molecule has 0 bridgehead atoms. The van der Waals surface area contributed by atoms with Crippen molar-refractivity contribution in [3.8, 4) is 0 Å². The van der Waals surface area contributed by atoms with Gasteiger partial charge in [-0.3, -0.25) is 4.79 Å². The number of rotatable bonds is 3. The molecule has 1 aliphatic rings. The molecule has 2 N–H and O–H groups in total. The van der Waals surface area contributed by atoms with E-state index in [1.165, 1.54) is 0 Å². The number of carbonyl (C=O) groups is 1. The van der Waals surface area contributed by atoms with Crippen LogP contribution in [0.15, 0.2) is 0 Å². The lowest BCUT2D eigenvalue weighted by molar-refractivity contribution is -0.140. The van der Waals surface area contributed by atoms with E-state index in [9.17, 15) is 4.79 Å². The maximum Gasteiger partial charge on any atom is 0.305 e. The minimum Gasteiger partial charge on any atom is -0.481 e. The lowest BCUT2D eigenvalue weighted by Gasteiger charge is -2.29. The van der Waals surface area contributed by atoms with Gasteiger partial charge in [0.25, 0.3) is 0 Å². The summed E-state index contributed by atoms with van der Waals surface area (Å²) in [5.74, 6) is -0.643. The highest BCUT2D eigenvalue weighted by Gasteiger charge is 2.26. The van der Waals surface area contributed by atoms with Crippen LogP contribution >= 0.6 is 0 Å². The zero-order valence-corrected chi connectivity index (χ0v) is 5.79. The van der Waals surface area contributed by atoms with Gasteiger partial charge in [-0.15, -0.1) is 0 Å². The van der Waals surface area contributed by atoms with Gasteiger partial charge in [0, 0.05) is 0 Å². The van der Waals surface area contributed by atoms with Crippen LogP contribution in [0.3, 0.4) is 0 Å². The zero-order valence-electron chi connectivity index (χ0n) is 5.79. The molecular formula is C7H12O3. The summed E-state index contributed by atoms with van der Waals surface area (Å²) in [4.78, 5) is 10.1. The number of aliphatic hydroxyl groups excluding tert-OH is 1. The van der Waals surface area contributed by atoms with Crippen molar-refractivity contribution in [2.45, 2.75) is 31.8 Å². The molecule has 1 fully saturated rings. The van der Waals surface area contributed by atoms with E-state index in [4.69, 9.17) is 10.2 Å². The highest BCUT2D eigenvalue weighted by molar-refractivity contribution is 5.67. The molecule has 3 nitrogen and oxygen atoms in total. The molecular weight excluding hydrogens is 132 g/mol. The molecule has 1 atom stereocenters. The van der Waals surface area contributed by atoms with Crippen LogP contribution in [-0.2, 0) is 4.79 Å². The molecule has 10 heavy (non-hydrogen) atoms.